The molecule has 1 heterocycles. The van der Waals surface area contributed by atoms with Crippen LogP contribution in [0.15, 0.2) is 24.3 Å². The van der Waals surface area contributed by atoms with Crippen molar-refractivity contribution in [1.29, 1.82) is 0 Å². The first kappa shape index (κ1) is 18.0. The largest absolute Gasteiger partial charge is 0.356 e. The van der Waals surface area contributed by atoms with Gasteiger partial charge in [-0.2, -0.15) is 0 Å². The predicted octanol–water partition coefficient (Wildman–Crippen LogP) is 1.95. The summed E-state index contributed by atoms with van der Waals surface area (Å²) < 4.78 is 0. The number of nitrogens with zero attached hydrogens (tertiary/aromatic N) is 1. The number of carbonyl (C=O) groups excluding carboxylic acids is 3. The molecule has 3 amide bonds. The molecule has 27 heavy (non-hydrogen) atoms. The van der Waals surface area contributed by atoms with Crippen molar-refractivity contribution in [3.05, 3.63) is 29.8 Å². The van der Waals surface area contributed by atoms with Crippen molar-refractivity contribution in [3.8, 4) is 0 Å². The van der Waals surface area contributed by atoms with E-state index < -0.39 is 0 Å². The van der Waals surface area contributed by atoms with E-state index in [-0.39, 0.29) is 29.7 Å². The lowest BCUT2D eigenvalue weighted by Crippen LogP contribution is -2.38. The molecule has 2 saturated carbocycles. The summed E-state index contributed by atoms with van der Waals surface area (Å²) in [6.45, 7) is 0.746. The Labute approximate surface area is 159 Å². The van der Waals surface area contributed by atoms with Crippen LogP contribution in [0.1, 0.15) is 37.7 Å². The summed E-state index contributed by atoms with van der Waals surface area (Å²) in [5.41, 5.74) is 1.73. The van der Waals surface area contributed by atoms with Crippen LogP contribution in [0, 0.1) is 17.8 Å². The van der Waals surface area contributed by atoms with Crippen molar-refractivity contribution in [2.75, 3.05) is 18.9 Å². The molecule has 144 valence electrons. The van der Waals surface area contributed by atoms with Crippen molar-refractivity contribution < 1.29 is 14.4 Å². The Morgan fingerprint density at radius 1 is 1.15 bits per heavy atom. The number of likely N-dealkylation sites (N-methyl/N-ethyl adjacent to an activating group) is 1. The van der Waals surface area contributed by atoms with Crippen LogP contribution >= 0.6 is 0 Å². The van der Waals surface area contributed by atoms with Crippen molar-refractivity contribution in [1.82, 2.24) is 10.2 Å². The van der Waals surface area contributed by atoms with Gasteiger partial charge in [0.2, 0.25) is 17.7 Å². The second-order valence-corrected chi connectivity index (χ2v) is 8.30. The van der Waals surface area contributed by atoms with Crippen LogP contribution in [0.3, 0.4) is 0 Å². The normalized spacial score (nSPS) is 26.9. The first-order valence-electron chi connectivity index (χ1n) is 9.91. The van der Waals surface area contributed by atoms with E-state index in [2.05, 4.69) is 10.6 Å². The SMILES string of the molecule is CN(C(=O)Cc1ccc(NC(=O)C2CC2)cc1)[C@H]1C[C@H]2CC(=O)NC[C@H]2C1. The van der Waals surface area contributed by atoms with Gasteiger partial charge in [0.15, 0.2) is 0 Å². The van der Waals surface area contributed by atoms with E-state index in [4.69, 9.17) is 0 Å². The first-order valence-corrected chi connectivity index (χ1v) is 9.91. The average molecular weight is 369 g/mol. The molecule has 1 aromatic carbocycles. The Morgan fingerprint density at radius 3 is 2.56 bits per heavy atom. The van der Waals surface area contributed by atoms with Gasteiger partial charge in [0.1, 0.15) is 0 Å². The number of piperidine rings is 1. The fourth-order valence-electron chi connectivity index (χ4n) is 4.35. The minimum absolute atomic E-state index is 0.0919. The molecule has 3 atom stereocenters. The van der Waals surface area contributed by atoms with Crippen molar-refractivity contribution in [2.24, 2.45) is 17.8 Å². The summed E-state index contributed by atoms with van der Waals surface area (Å²) in [4.78, 5) is 37.9. The maximum Gasteiger partial charge on any atom is 0.227 e. The molecule has 0 radical (unpaired) electrons. The molecule has 1 aliphatic heterocycles. The van der Waals surface area contributed by atoms with E-state index in [1.807, 2.05) is 36.2 Å². The number of amides is 3. The second kappa shape index (κ2) is 7.33. The van der Waals surface area contributed by atoms with Gasteiger partial charge >= 0.3 is 0 Å². The molecule has 6 heteroatoms. The summed E-state index contributed by atoms with van der Waals surface area (Å²) >= 11 is 0. The minimum atomic E-state index is 0.0919. The monoisotopic (exact) mass is 369 g/mol. The topological polar surface area (TPSA) is 78.5 Å². The van der Waals surface area contributed by atoms with Gasteiger partial charge in [0.05, 0.1) is 6.42 Å². The molecule has 3 fully saturated rings. The molecule has 1 aromatic rings. The number of carbonyl (C=O) groups is 3. The molecular weight excluding hydrogens is 342 g/mol. The summed E-state index contributed by atoms with van der Waals surface area (Å²) in [5, 5.41) is 5.86. The number of rotatable bonds is 5. The van der Waals surface area contributed by atoms with Gasteiger partial charge in [-0.1, -0.05) is 12.1 Å². The first-order chi connectivity index (χ1) is 13.0. The van der Waals surface area contributed by atoms with Gasteiger partial charge in [0.25, 0.3) is 0 Å². The van der Waals surface area contributed by atoms with E-state index in [0.717, 1.165) is 43.5 Å². The van der Waals surface area contributed by atoms with E-state index in [1.165, 1.54) is 0 Å². The molecule has 0 unspecified atom stereocenters. The molecule has 2 N–H and O–H groups in total. The second-order valence-electron chi connectivity index (χ2n) is 8.30. The number of hydrogen-bond donors (Lipinski definition) is 2. The molecule has 6 nitrogen and oxygen atoms in total. The summed E-state index contributed by atoms with van der Waals surface area (Å²) in [6, 6.07) is 7.77. The third-order valence-electron chi connectivity index (χ3n) is 6.29. The Bertz CT molecular complexity index is 742. The molecule has 3 aliphatic rings. The van der Waals surface area contributed by atoms with Gasteiger partial charge in [-0.25, -0.2) is 0 Å². The Balaban J connectivity index is 1.30. The van der Waals surface area contributed by atoms with E-state index in [9.17, 15) is 14.4 Å². The quantitative estimate of drug-likeness (QED) is 0.833. The number of hydrogen-bond acceptors (Lipinski definition) is 3. The third-order valence-corrected chi connectivity index (χ3v) is 6.29. The Morgan fingerprint density at radius 2 is 1.85 bits per heavy atom. The standard InChI is InChI=1S/C21H27N3O3/c1-24(18-9-15-11-19(25)22-12-16(15)10-18)20(26)8-13-2-6-17(7-3-13)23-21(27)14-4-5-14/h2-3,6-7,14-16,18H,4-5,8-12H2,1H3,(H,22,25)(H,23,27)/t15-,16+,18-/m0/s1. The van der Waals surface area contributed by atoms with Crippen LogP contribution in [-0.4, -0.2) is 42.3 Å². The molecule has 0 aromatic heterocycles. The van der Waals surface area contributed by atoms with Gasteiger partial charge in [-0.3, -0.25) is 14.4 Å². The lowest BCUT2D eigenvalue weighted by Gasteiger charge is -2.25. The molecule has 2 aliphatic carbocycles. The Kier molecular flexibility index (Phi) is 4.89. The predicted molar refractivity (Wildman–Crippen MR) is 102 cm³/mol. The highest BCUT2D eigenvalue weighted by molar-refractivity contribution is 5.94. The van der Waals surface area contributed by atoms with Crippen LogP contribution in [-0.2, 0) is 20.8 Å². The van der Waals surface area contributed by atoms with Gasteiger partial charge in [-0.05, 0) is 55.2 Å². The average Bonchev–Trinajstić information content (AvgIpc) is 3.42. The van der Waals surface area contributed by atoms with E-state index >= 15 is 0 Å². The van der Waals surface area contributed by atoms with Gasteiger partial charge in [0, 0.05) is 37.7 Å². The fraction of sp³-hybridized carbons (Fsp3) is 0.571. The summed E-state index contributed by atoms with van der Waals surface area (Å²) in [5.74, 6) is 1.42. The maximum absolute atomic E-state index is 12.7. The van der Waals surface area contributed by atoms with Crippen LogP contribution in [0.5, 0.6) is 0 Å². The molecular formula is C21H27N3O3. The highest BCUT2D eigenvalue weighted by Gasteiger charge is 2.40. The van der Waals surface area contributed by atoms with Crippen molar-refractivity contribution in [3.63, 3.8) is 0 Å². The van der Waals surface area contributed by atoms with Crippen molar-refractivity contribution in [2.45, 2.75) is 44.6 Å². The fourth-order valence-corrected chi connectivity index (χ4v) is 4.35. The molecule has 0 spiro atoms. The third kappa shape index (κ3) is 4.15. The maximum atomic E-state index is 12.7. The summed E-state index contributed by atoms with van der Waals surface area (Å²) in [7, 11) is 1.88. The zero-order valence-electron chi connectivity index (χ0n) is 15.7. The molecule has 1 saturated heterocycles. The van der Waals surface area contributed by atoms with E-state index in [1.54, 1.807) is 0 Å². The van der Waals surface area contributed by atoms with Crippen LogP contribution < -0.4 is 10.6 Å². The van der Waals surface area contributed by atoms with Crippen LogP contribution in [0.2, 0.25) is 0 Å². The lowest BCUT2D eigenvalue weighted by molar-refractivity contribution is -0.131. The zero-order chi connectivity index (χ0) is 19.0. The van der Waals surface area contributed by atoms with Crippen LogP contribution in [0.25, 0.3) is 0 Å². The number of anilines is 1. The number of fused-ring (bicyclic) bond motifs is 1. The summed E-state index contributed by atoms with van der Waals surface area (Å²) in [6.07, 6.45) is 4.81. The molecule has 4 rings (SSSR count). The van der Waals surface area contributed by atoms with Crippen molar-refractivity contribution >= 4 is 23.4 Å². The number of nitrogens with one attached hydrogen (secondary N) is 2. The smallest absolute Gasteiger partial charge is 0.227 e. The Hall–Kier alpha value is -2.37. The van der Waals surface area contributed by atoms with Gasteiger partial charge < -0.3 is 15.5 Å². The highest BCUT2D eigenvalue weighted by Crippen LogP contribution is 2.38. The highest BCUT2D eigenvalue weighted by atomic mass is 16.2. The van der Waals surface area contributed by atoms with Gasteiger partial charge in [-0.15, -0.1) is 0 Å². The lowest BCUT2D eigenvalue weighted by atomic mass is 9.89. The molecule has 0 bridgehead atoms. The zero-order valence-corrected chi connectivity index (χ0v) is 15.7. The minimum Gasteiger partial charge on any atom is -0.356 e. The number of benzene rings is 1. The van der Waals surface area contributed by atoms with Crippen LogP contribution in [0.4, 0.5) is 5.69 Å². The van der Waals surface area contributed by atoms with E-state index in [0.29, 0.717) is 24.7 Å².